The standard InChI is InChI=1S/C32H22O.Li/c33-32-30(24-15-5-2-6-16-24)29(23-13-3-1-4-14-23)27-19-9-10-20-28(27)31(32)26-21-11-17-22-12-7-8-18-25(22)26;/h1-21,33H;/q;+1/p-1. The zero-order valence-corrected chi connectivity index (χ0v) is 19.0. The molecule has 6 aromatic rings. The van der Waals surface area contributed by atoms with Gasteiger partial charge in [0.2, 0.25) is 0 Å². The summed E-state index contributed by atoms with van der Waals surface area (Å²) >= 11 is 0. The van der Waals surface area contributed by atoms with Gasteiger partial charge in [-0.2, -0.15) is 0 Å². The van der Waals surface area contributed by atoms with Gasteiger partial charge in [-0.05, 0) is 54.9 Å². The second-order valence-corrected chi connectivity index (χ2v) is 8.26. The first-order chi connectivity index (χ1) is 16.3. The summed E-state index contributed by atoms with van der Waals surface area (Å²) in [7, 11) is 0. The van der Waals surface area contributed by atoms with E-state index in [1.165, 1.54) is 0 Å². The molecule has 6 aromatic carbocycles. The van der Waals surface area contributed by atoms with Gasteiger partial charge < -0.3 is 5.11 Å². The van der Waals surface area contributed by atoms with E-state index < -0.39 is 0 Å². The van der Waals surface area contributed by atoms with Crippen LogP contribution in [-0.4, -0.2) is 0 Å². The third kappa shape index (κ3) is 3.60. The van der Waals surface area contributed by atoms with E-state index >= 15 is 0 Å². The monoisotopic (exact) mass is 428 g/mol. The summed E-state index contributed by atoms with van der Waals surface area (Å²) in [6.45, 7) is 0. The van der Waals surface area contributed by atoms with Crippen LogP contribution in [0.15, 0.2) is 127 Å². The number of benzene rings is 6. The van der Waals surface area contributed by atoms with Crippen LogP contribution in [0, 0.1) is 0 Å². The molecule has 6 rings (SSSR count). The summed E-state index contributed by atoms with van der Waals surface area (Å²) in [5.41, 5.74) is 5.48. The van der Waals surface area contributed by atoms with Crippen molar-refractivity contribution < 1.29 is 24.0 Å². The third-order valence-corrected chi connectivity index (χ3v) is 6.35. The summed E-state index contributed by atoms with van der Waals surface area (Å²) in [6.07, 6.45) is 0. The van der Waals surface area contributed by atoms with Crippen LogP contribution >= 0.6 is 0 Å². The Hall–Kier alpha value is -3.76. The molecule has 0 spiro atoms. The molecule has 0 bridgehead atoms. The van der Waals surface area contributed by atoms with Gasteiger partial charge in [0.05, 0.1) is 0 Å². The molecule has 2 heteroatoms. The van der Waals surface area contributed by atoms with Crippen molar-refractivity contribution in [2.75, 3.05) is 0 Å². The van der Waals surface area contributed by atoms with Gasteiger partial charge in [0, 0.05) is 0 Å². The topological polar surface area (TPSA) is 23.1 Å². The molecule has 0 unspecified atom stereocenters. The van der Waals surface area contributed by atoms with Gasteiger partial charge in [-0.25, -0.2) is 0 Å². The minimum absolute atomic E-state index is 0. The molecule has 0 amide bonds. The first kappa shape index (κ1) is 22.1. The number of rotatable bonds is 3. The third-order valence-electron chi connectivity index (χ3n) is 6.35. The molecule has 0 aromatic heterocycles. The van der Waals surface area contributed by atoms with Crippen LogP contribution < -0.4 is 24.0 Å². The second-order valence-electron chi connectivity index (χ2n) is 8.26. The fourth-order valence-electron chi connectivity index (χ4n) is 4.91. The first-order valence-corrected chi connectivity index (χ1v) is 11.2. The fourth-order valence-corrected chi connectivity index (χ4v) is 4.91. The van der Waals surface area contributed by atoms with Crippen LogP contribution in [0.4, 0.5) is 0 Å². The second kappa shape index (κ2) is 9.24. The van der Waals surface area contributed by atoms with Crippen molar-refractivity contribution in [1.29, 1.82) is 0 Å². The average molecular weight is 428 g/mol. The van der Waals surface area contributed by atoms with Crippen molar-refractivity contribution in [2.24, 2.45) is 0 Å². The fraction of sp³-hybridized carbons (Fsp3) is 0. The van der Waals surface area contributed by atoms with E-state index in [9.17, 15) is 5.11 Å². The zero-order valence-electron chi connectivity index (χ0n) is 19.0. The number of hydrogen-bond donors (Lipinski definition) is 0. The van der Waals surface area contributed by atoms with Gasteiger partial charge >= 0.3 is 18.9 Å². The molecule has 0 atom stereocenters. The molecule has 0 heterocycles. The van der Waals surface area contributed by atoms with Gasteiger partial charge in [-0.3, -0.25) is 0 Å². The van der Waals surface area contributed by atoms with E-state index in [-0.39, 0.29) is 24.6 Å². The maximum Gasteiger partial charge on any atom is 1.00 e. The van der Waals surface area contributed by atoms with Crippen LogP contribution in [0.2, 0.25) is 0 Å². The zero-order chi connectivity index (χ0) is 22.2. The Morgan fingerprint density at radius 1 is 0.382 bits per heavy atom. The summed E-state index contributed by atoms with van der Waals surface area (Å²) < 4.78 is 0. The number of hydrogen-bond acceptors (Lipinski definition) is 1. The molecular formula is C32H21LiO. The van der Waals surface area contributed by atoms with Crippen LogP contribution in [0.25, 0.3) is 54.9 Å². The van der Waals surface area contributed by atoms with E-state index in [0.29, 0.717) is 0 Å². The largest absolute Gasteiger partial charge is 1.00 e. The molecule has 0 N–H and O–H groups in total. The molecule has 156 valence electrons. The molecular weight excluding hydrogens is 407 g/mol. The molecule has 1 nitrogen and oxygen atoms in total. The predicted octanol–water partition coefficient (Wildman–Crippen LogP) is 5.07. The van der Waals surface area contributed by atoms with Gasteiger partial charge in [-0.15, -0.1) is 0 Å². The normalized spacial score (nSPS) is 10.8. The summed E-state index contributed by atoms with van der Waals surface area (Å²) in [6, 6.07) is 43.1. The van der Waals surface area contributed by atoms with Gasteiger partial charge in [0.15, 0.2) is 0 Å². The molecule has 0 saturated heterocycles. The smallest absolute Gasteiger partial charge is 0.872 e. The van der Waals surface area contributed by atoms with Crippen LogP contribution in [0.5, 0.6) is 5.75 Å². The quantitative estimate of drug-likeness (QED) is 0.361. The Bertz CT molecular complexity index is 1600. The van der Waals surface area contributed by atoms with Crippen LogP contribution in [0.3, 0.4) is 0 Å². The Balaban J connectivity index is 0.00000241. The molecule has 0 aliphatic rings. The van der Waals surface area contributed by atoms with E-state index in [4.69, 9.17) is 0 Å². The van der Waals surface area contributed by atoms with Gasteiger partial charge in [0.1, 0.15) is 0 Å². The molecule has 0 aliphatic heterocycles. The number of fused-ring (bicyclic) bond motifs is 2. The van der Waals surface area contributed by atoms with Gasteiger partial charge in [0.25, 0.3) is 0 Å². The Kier molecular flexibility index (Phi) is 5.99. The van der Waals surface area contributed by atoms with Crippen molar-refractivity contribution >= 4 is 21.5 Å². The Morgan fingerprint density at radius 3 is 1.50 bits per heavy atom. The average Bonchev–Trinajstić information content (AvgIpc) is 2.89. The minimum Gasteiger partial charge on any atom is -0.872 e. The molecule has 0 radical (unpaired) electrons. The maximum atomic E-state index is 14.4. The van der Waals surface area contributed by atoms with Crippen molar-refractivity contribution in [1.82, 2.24) is 0 Å². The molecule has 0 fully saturated rings. The van der Waals surface area contributed by atoms with E-state index in [2.05, 4.69) is 54.6 Å². The minimum atomic E-state index is 0. The Labute approximate surface area is 211 Å². The summed E-state index contributed by atoms with van der Waals surface area (Å²) in [4.78, 5) is 0. The van der Waals surface area contributed by atoms with Gasteiger partial charge in [-0.1, -0.05) is 133 Å². The van der Waals surface area contributed by atoms with Crippen LogP contribution in [0.1, 0.15) is 0 Å². The van der Waals surface area contributed by atoms with E-state index in [0.717, 1.165) is 54.9 Å². The van der Waals surface area contributed by atoms with Crippen molar-refractivity contribution in [2.45, 2.75) is 0 Å². The van der Waals surface area contributed by atoms with Crippen molar-refractivity contribution in [3.8, 4) is 39.1 Å². The van der Waals surface area contributed by atoms with E-state index in [1.807, 2.05) is 72.8 Å². The SMILES string of the molecule is [Li+].[O-]c1c(-c2ccccc2)c(-c2ccccc2)c2ccccc2c1-c1cccc2ccccc12. The predicted molar refractivity (Wildman–Crippen MR) is 137 cm³/mol. The summed E-state index contributed by atoms with van der Waals surface area (Å²) in [5.74, 6) is 0.0649. The molecule has 0 saturated carbocycles. The first-order valence-electron chi connectivity index (χ1n) is 11.2. The molecule has 0 aliphatic carbocycles. The summed E-state index contributed by atoms with van der Waals surface area (Å²) in [5, 5.41) is 18.7. The maximum absolute atomic E-state index is 14.4. The van der Waals surface area contributed by atoms with Crippen molar-refractivity contribution in [3.05, 3.63) is 127 Å². The van der Waals surface area contributed by atoms with Crippen LogP contribution in [-0.2, 0) is 0 Å². The van der Waals surface area contributed by atoms with Crippen molar-refractivity contribution in [3.63, 3.8) is 0 Å². The van der Waals surface area contributed by atoms with E-state index in [1.54, 1.807) is 0 Å². The Morgan fingerprint density at radius 2 is 0.853 bits per heavy atom. The molecule has 34 heavy (non-hydrogen) atoms.